The predicted molar refractivity (Wildman–Crippen MR) is 74.5 cm³/mol. The number of nitrogens with one attached hydrogen (secondary N) is 1. The maximum atomic E-state index is 3.29. The Bertz CT molecular complexity index is 180. The lowest BCUT2D eigenvalue weighted by atomic mass is 9.81. The van der Waals surface area contributed by atoms with Crippen LogP contribution in [0.1, 0.15) is 66.2 Å². The van der Waals surface area contributed by atoms with Crippen LogP contribution in [0.15, 0.2) is 11.8 Å². The molecule has 0 spiro atoms. The van der Waals surface area contributed by atoms with E-state index in [-0.39, 0.29) is 0 Å². The quantitative estimate of drug-likeness (QED) is 0.597. The van der Waals surface area contributed by atoms with Crippen molar-refractivity contribution in [2.24, 2.45) is 11.8 Å². The van der Waals surface area contributed by atoms with Gasteiger partial charge in [-0.1, -0.05) is 52.5 Å². The molecule has 0 aromatic rings. The van der Waals surface area contributed by atoms with Gasteiger partial charge < -0.3 is 5.32 Å². The van der Waals surface area contributed by atoms with Gasteiger partial charge in [-0.25, -0.2) is 0 Å². The summed E-state index contributed by atoms with van der Waals surface area (Å²) >= 11 is 0. The van der Waals surface area contributed by atoms with E-state index in [4.69, 9.17) is 0 Å². The minimum atomic E-state index is 0.920. The Morgan fingerprint density at radius 3 is 2.06 bits per heavy atom. The molecule has 16 heavy (non-hydrogen) atoms. The number of hydrogen-bond acceptors (Lipinski definition) is 1. The molecule has 0 aromatic heterocycles. The summed E-state index contributed by atoms with van der Waals surface area (Å²) in [7, 11) is 2.03. The van der Waals surface area contributed by atoms with Crippen molar-refractivity contribution in [3.8, 4) is 0 Å². The van der Waals surface area contributed by atoms with Gasteiger partial charge in [-0.3, -0.25) is 0 Å². The average molecular weight is 225 g/mol. The lowest BCUT2D eigenvalue weighted by molar-refractivity contribution is 0.274. The topological polar surface area (TPSA) is 12.0 Å². The molecule has 1 heteroatoms. The van der Waals surface area contributed by atoms with Crippen molar-refractivity contribution in [1.29, 1.82) is 0 Å². The fraction of sp³-hybridized carbons (Fsp3) is 0.867. The largest absolute Gasteiger partial charge is 0.392 e. The summed E-state index contributed by atoms with van der Waals surface area (Å²) in [4.78, 5) is 0. The van der Waals surface area contributed by atoms with Crippen LogP contribution >= 0.6 is 0 Å². The van der Waals surface area contributed by atoms with E-state index in [9.17, 15) is 0 Å². The molecule has 0 fully saturated rings. The Balaban J connectivity index is 4.21. The van der Waals surface area contributed by atoms with Crippen LogP contribution in [0.5, 0.6) is 0 Å². The van der Waals surface area contributed by atoms with Crippen LogP contribution < -0.4 is 5.32 Å². The summed E-state index contributed by atoms with van der Waals surface area (Å²) in [6.45, 7) is 9.11. The predicted octanol–water partition coefficient (Wildman–Crippen LogP) is 4.74. The van der Waals surface area contributed by atoms with E-state index >= 15 is 0 Å². The fourth-order valence-electron chi connectivity index (χ4n) is 2.70. The highest BCUT2D eigenvalue weighted by atomic mass is 14.8. The fourth-order valence-corrected chi connectivity index (χ4v) is 2.70. The van der Waals surface area contributed by atoms with Crippen LogP contribution in [0, 0.1) is 11.8 Å². The van der Waals surface area contributed by atoms with Gasteiger partial charge in [-0.15, -0.1) is 0 Å². The summed E-state index contributed by atoms with van der Waals surface area (Å²) in [6, 6.07) is 0. The van der Waals surface area contributed by atoms with Gasteiger partial charge in [0.15, 0.2) is 0 Å². The Hall–Kier alpha value is -0.460. The van der Waals surface area contributed by atoms with E-state index in [2.05, 4.69) is 39.1 Å². The van der Waals surface area contributed by atoms with Gasteiger partial charge in [-0.2, -0.15) is 0 Å². The minimum Gasteiger partial charge on any atom is -0.392 e. The van der Waals surface area contributed by atoms with Crippen LogP contribution in [0.3, 0.4) is 0 Å². The molecule has 0 amide bonds. The standard InChI is InChI=1S/C15H31N/c1-6-10-14(13(7-2)8-3)11-12-15(9-4)16-5/h9,13-14,16H,6-8,10-12H2,1-5H3/b15-9+. The highest BCUT2D eigenvalue weighted by molar-refractivity contribution is 4.96. The van der Waals surface area contributed by atoms with Crippen molar-refractivity contribution in [2.45, 2.75) is 66.2 Å². The molecular formula is C15H31N. The van der Waals surface area contributed by atoms with E-state index < -0.39 is 0 Å². The number of hydrogen-bond donors (Lipinski definition) is 1. The first kappa shape index (κ1) is 15.5. The highest BCUT2D eigenvalue weighted by Crippen LogP contribution is 2.29. The summed E-state index contributed by atoms with van der Waals surface area (Å²) in [5.41, 5.74) is 1.40. The van der Waals surface area contributed by atoms with Crippen LogP contribution in [-0.2, 0) is 0 Å². The van der Waals surface area contributed by atoms with Gasteiger partial charge >= 0.3 is 0 Å². The molecule has 96 valence electrons. The first-order valence-electron chi connectivity index (χ1n) is 7.06. The molecule has 0 bridgehead atoms. The SMILES string of the molecule is C/C=C(\CCC(CCC)C(CC)CC)NC. The molecule has 0 saturated carbocycles. The van der Waals surface area contributed by atoms with Gasteiger partial charge in [0.1, 0.15) is 0 Å². The molecule has 1 unspecified atom stereocenters. The lowest BCUT2D eigenvalue weighted by Crippen LogP contribution is -2.15. The molecule has 0 aliphatic heterocycles. The van der Waals surface area contributed by atoms with Crippen molar-refractivity contribution < 1.29 is 0 Å². The van der Waals surface area contributed by atoms with Crippen LogP contribution in [0.2, 0.25) is 0 Å². The molecule has 0 aromatic carbocycles. The van der Waals surface area contributed by atoms with Crippen molar-refractivity contribution in [1.82, 2.24) is 5.32 Å². The van der Waals surface area contributed by atoms with Crippen molar-refractivity contribution in [2.75, 3.05) is 7.05 Å². The first-order valence-corrected chi connectivity index (χ1v) is 7.06. The molecule has 0 saturated heterocycles. The Labute approximate surface area is 103 Å². The number of rotatable bonds is 9. The molecule has 0 heterocycles. The van der Waals surface area contributed by atoms with Gasteiger partial charge in [0, 0.05) is 12.7 Å². The van der Waals surface area contributed by atoms with Crippen LogP contribution in [-0.4, -0.2) is 7.05 Å². The van der Waals surface area contributed by atoms with Crippen molar-refractivity contribution in [3.63, 3.8) is 0 Å². The van der Waals surface area contributed by atoms with E-state index in [1.54, 1.807) is 0 Å². The van der Waals surface area contributed by atoms with Crippen LogP contribution in [0.4, 0.5) is 0 Å². The Morgan fingerprint density at radius 1 is 1.06 bits per heavy atom. The molecule has 1 nitrogen and oxygen atoms in total. The third kappa shape index (κ3) is 5.58. The minimum absolute atomic E-state index is 0.920. The Morgan fingerprint density at radius 2 is 1.69 bits per heavy atom. The zero-order valence-electron chi connectivity index (χ0n) is 12.0. The van der Waals surface area contributed by atoms with E-state index in [0.29, 0.717) is 0 Å². The smallest absolute Gasteiger partial charge is 0.00608 e. The zero-order chi connectivity index (χ0) is 12.4. The lowest BCUT2D eigenvalue weighted by Gasteiger charge is -2.25. The number of allylic oxidation sites excluding steroid dienone is 2. The maximum absolute atomic E-state index is 3.29. The molecule has 1 atom stereocenters. The van der Waals surface area contributed by atoms with Gasteiger partial charge in [0.05, 0.1) is 0 Å². The van der Waals surface area contributed by atoms with E-state index in [0.717, 1.165) is 11.8 Å². The van der Waals surface area contributed by atoms with Gasteiger partial charge in [0.25, 0.3) is 0 Å². The third-order valence-corrected chi connectivity index (χ3v) is 3.83. The molecular weight excluding hydrogens is 194 g/mol. The maximum Gasteiger partial charge on any atom is 0.00608 e. The third-order valence-electron chi connectivity index (χ3n) is 3.83. The molecule has 0 radical (unpaired) electrons. The molecule has 0 aliphatic rings. The molecule has 1 N–H and O–H groups in total. The summed E-state index contributed by atoms with van der Waals surface area (Å²) < 4.78 is 0. The normalized spacial score (nSPS) is 14.2. The summed E-state index contributed by atoms with van der Waals surface area (Å²) in [5, 5.41) is 3.29. The zero-order valence-corrected chi connectivity index (χ0v) is 12.0. The van der Waals surface area contributed by atoms with Gasteiger partial charge in [0.2, 0.25) is 0 Å². The average Bonchev–Trinajstić information content (AvgIpc) is 2.31. The van der Waals surface area contributed by atoms with E-state index in [1.165, 1.54) is 44.2 Å². The second-order valence-corrected chi connectivity index (χ2v) is 4.73. The van der Waals surface area contributed by atoms with Crippen LogP contribution in [0.25, 0.3) is 0 Å². The van der Waals surface area contributed by atoms with Crippen molar-refractivity contribution >= 4 is 0 Å². The highest BCUT2D eigenvalue weighted by Gasteiger charge is 2.17. The first-order chi connectivity index (χ1) is 7.73. The summed E-state index contributed by atoms with van der Waals surface area (Å²) in [6.07, 6.45) is 10.2. The monoisotopic (exact) mass is 225 g/mol. The second kappa shape index (κ2) is 9.74. The Kier molecular flexibility index (Phi) is 9.46. The summed E-state index contributed by atoms with van der Waals surface area (Å²) in [5.74, 6) is 1.85. The van der Waals surface area contributed by atoms with E-state index in [1.807, 2.05) is 7.05 Å². The molecule has 0 aliphatic carbocycles. The second-order valence-electron chi connectivity index (χ2n) is 4.73. The van der Waals surface area contributed by atoms with Crippen molar-refractivity contribution in [3.05, 3.63) is 11.8 Å². The molecule has 0 rings (SSSR count). The van der Waals surface area contributed by atoms with Gasteiger partial charge in [-0.05, 0) is 31.6 Å².